The van der Waals surface area contributed by atoms with Crippen LogP contribution in [0.2, 0.25) is 0 Å². The summed E-state index contributed by atoms with van der Waals surface area (Å²) in [6.07, 6.45) is 4.82. The quantitative estimate of drug-likeness (QED) is 0.0539. The van der Waals surface area contributed by atoms with Gasteiger partial charge in [-0.05, 0) is 91.3 Å². The number of aliphatic hydroxyl groups excluding tert-OH is 1. The van der Waals surface area contributed by atoms with Crippen molar-refractivity contribution in [1.29, 1.82) is 0 Å². The predicted molar refractivity (Wildman–Crippen MR) is 264 cm³/mol. The fourth-order valence-electron chi connectivity index (χ4n) is 14.1. The summed E-state index contributed by atoms with van der Waals surface area (Å²) in [5.41, 5.74) is 4.14. The van der Waals surface area contributed by atoms with Crippen LogP contribution in [0.25, 0.3) is 5.57 Å². The number of ether oxygens (including phenoxy) is 3. The van der Waals surface area contributed by atoms with E-state index >= 15 is 4.79 Å². The van der Waals surface area contributed by atoms with Gasteiger partial charge >= 0.3 is 18.0 Å². The second kappa shape index (κ2) is 18.7. The summed E-state index contributed by atoms with van der Waals surface area (Å²) in [5, 5.41) is 47.4. The van der Waals surface area contributed by atoms with Crippen molar-refractivity contribution in [2.75, 3.05) is 77.0 Å². The van der Waals surface area contributed by atoms with Gasteiger partial charge in [-0.2, -0.15) is 0 Å². The summed E-state index contributed by atoms with van der Waals surface area (Å²) in [6.45, 7) is 8.72. The van der Waals surface area contributed by atoms with E-state index in [1.54, 1.807) is 14.0 Å². The summed E-state index contributed by atoms with van der Waals surface area (Å²) >= 11 is 0. The molecule has 69 heavy (non-hydrogen) atoms. The van der Waals surface area contributed by atoms with Gasteiger partial charge in [0.05, 0.1) is 31.8 Å². The van der Waals surface area contributed by atoms with E-state index in [1.165, 1.54) is 28.7 Å². The molecule has 2 aromatic rings. The van der Waals surface area contributed by atoms with Crippen molar-refractivity contribution in [3.05, 3.63) is 76.4 Å². The van der Waals surface area contributed by atoms with Crippen LogP contribution >= 0.6 is 21.6 Å². The van der Waals surface area contributed by atoms with Crippen molar-refractivity contribution >= 4 is 56.8 Å². The van der Waals surface area contributed by atoms with Crippen LogP contribution in [0.4, 0.5) is 10.5 Å². The summed E-state index contributed by atoms with van der Waals surface area (Å²) in [5.74, 6) is -1.76. The lowest BCUT2D eigenvalue weighted by Gasteiger charge is -2.63. The van der Waals surface area contributed by atoms with Crippen LogP contribution < -0.4 is 20.5 Å². The van der Waals surface area contributed by atoms with Crippen LogP contribution in [-0.4, -0.2) is 156 Å². The number of esters is 1. The van der Waals surface area contributed by atoms with E-state index in [4.69, 9.17) is 19.3 Å². The first-order chi connectivity index (χ1) is 33.0. The van der Waals surface area contributed by atoms with Crippen LogP contribution in [0, 0.1) is 17.3 Å². The van der Waals surface area contributed by atoms with Gasteiger partial charge in [-0.1, -0.05) is 78.8 Å². The standard InChI is InChI=1S/C51H67N5O11S2/c1-7-47(63)25-31-26-50(45(61)66-6,35-22-32-12-9-10-13-33(32)34(35)14-18-55(27-31)29-47)37-23-36-38(24-39(37)65-5)54(4)42-49(36)16-19-56-17-11-15-48(8-2,41(49)56)43(59)51(42,64)44(60)52-53-46(62)67-20-21-68-69-28-30(3)40(57)58/h9-13,15,23-24,30-31,41-43,59,63-64H,7-8,14,16-22,25-29H2,1-6H3,(H,52,60)(H,53,62)(H,57,58)/t30-,31+,41-,42+,43+,47-,48+,49+,50+,51-/m0/s1. The van der Waals surface area contributed by atoms with Crippen molar-refractivity contribution in [3.63, 3.8) is 0 Å². The summed E-state index contributed by atoms with van der Waals surface area (Å²) in [4.78, 5) is 61.1. The van der Waals surface area contributed by atoms with Gasteiger partial charge in [-0.25, -0.2) is 10.2 Å². The number of rotatable bonds is 13. The summed E-state index contributed by atoms with van der Waals surface area (Å²) in [7, 11) is 7.54. The minimum atomic E-state index is -2.52. The lowest BCUT2D eigenvalue weighted by Crippen LogP contribution is -2.82. The Bertz CT molecular complexity index is 2460. The maximum absolute atomic E-state index is 15.5. The molecule has 9 rings (SSSR count). The molecule has 374 valence electrons. The SMILES string of the molecule is CC[C@]1(O)C[C@H]2CN(CCC3=C(Cc4ccccc43)[C@@](C(=O)OC)(c3cc4c(cc3OC)N(C)[C@H]3[C@@](O)(C(=O)NNC(=O)OCCSSC[C@H](C)C(=O)O)[C@H](O)[C@]5(CC)C=CCN6CC[C@]43[C@@H]65)C2)C1. The van der Waals surface area contributed by atoms with E-state index in [9.17, 15) is 29.7 Å². The van der Waals surface area contributed by atoms with Gasteiger partial charge in [-0.3, -0.25) is 29.6 Å². The number of carbonyl (C=O) groups excluding carboxylic acids is 3. The second-order valence-electron chi connectivity index (χ2n) is 20.5. The lowest BCUT2D eigenvalue weighted by molar-refractivity contribution is -0.204. The molecular weight excluding hydrogens is 923 g/mol. The molecule has 2 amide bonds. The number of nitrogens with zero attached hydrogens (tertiary/aromatic N) is 3. The number of anilines is 1. The van der Waals surface area contributed by atoms with E-state index in [0.717, 1.165) is 27.8 Å². The molecule has 2 bridgehead atoms. The average molecular weight is 990 g/mol. The Kier molecular flexibility index (Phi) is 13.5. The Morgan fingerprint density at radius 1 is 0.986 bits per heavy atom. The number of aliphatic carboxylic acids is 1. The number of fused-ring (bicyclic) bond motifs is 5. The van der Waals surface area contributed by atoms with Gasteiger partial charge in [0.2, 0.25) is 0 Å². The third kappa shape index (κ3) is 7.68. The van der Waals surface area contributed by atoms with Gasteiger partial charge in [0.1, 0.15) is 23.9 Å². The Hall–Kier alpha value is -4.30. The molecule has 1 spiro atoms. The highest BCUT2D eigenvalue weighted by Gasteiger charge is 2.79. The highest BCUT2D eigenvalue weighted by Crippen LogP contribution is 2.68. The molecule has 1 unspecified atom stereocenters. The second-order valence-corrected chi connectivity index (χ2v) is 23.1. The maximum atomic E-state index is 15.5. The maximum Gasteiger partial charge on any atom is 0.426 e. The number of hydrogen-bond acceptors (Lipinski definition) is 15. The number of nitrogens with one attached hydrogen (secondary N) is 2. The van der Waals surface area contributed by atoms with Crippen molar-refractivity contribution in [2.45, 2.75) is 106 Å². The predicted octanol–water partition coefficient (Wildman–Crippen LogP) is 4.43. The molecule has 0 radical (unpaired) electrons. The minimum Gasteiger partial charge on any atom is -0.496 e. The first-order valence-electron chi connectivity index (χ1n) is 24.3. The molecule has 0 aromatic heterocycles. The summed E-state index contributed by atoms with van der Waals surface area (Å²) in [6, 6.07) is 10.9. The molecule has 2 aromatic carbocycles. The number of carboxylic acids is 1. The van der Waals surface area contributed by atoms with E-state index in [0.29, 0.717) is 106 Å². The van der Waals surface area contributed by atoms with E-state index in [2.05, 4.69) is 38.9 Å². The number of hydrogen-bond donors (Lipinski definition) is 6. The van der Waals surface area contributed by atoms with E-state index in [-0.39, 0.29) is 12.5 Å². The van der Waals surface area contributed by atoms with Gasteiger partial charge in [0.25, 0.3) is 5.91 Å². The fraction of sp³-hybridized carbons (Fsp3) is 0.608. The van der Waals surface area contributed by atoms with Gasteiger partial charge in [0.15, 0.2) is 5.60 Å². The van der Waals surface area contributed by atoms with Crippen molar-refractivity contribution in [2.24, 2.45) is 17.3 Å². The molecule has 18 heteroatoms. The Morgan fingerprint density at radius 3 is 2.49 bits per heavy atom. The number of methoxy groups -OCH3 is 2. The summed E-state index contributed by atoms with van der Waals surface area (Å²) < 4.78 is 17.7. The number of piperidine rings is 1. The van der Waals surface area contributed by atoms with Crippen molar-refractivity contribution < 1.29 is 53.8 Å². The molecule has 11 atom stereocenters. The molecule has 5 heterocycles. The average Bonchev–Trinajstić information content (AvgIpc) is 4.01. The smallest absolute Gasteiger partial charge is 0.426 e. The van der Waals surface area contributed by atoms with Crippen molar-refractivity contribution in [3.8, 4) is 5.75 Å². The molecular formula is C51H67N5O11S2. The number of amides is 2. The molecule has 7 aliphatic rings. The van der Waals surface area contributed by atoms with E-state index in [1.807, 2.05) is 56.1 Å². The molecule has 5 aliphatic heterocycles. The molecule has 2 aliphatic carbocycles. The third-order valence-electron chi connectivity index (χ3n) is 17.1. The molecule has 16 nitrogen and oxygen atoms in total. The highest BCUT2D eigenvalue weighted by molar-refractivity contribution is 8.76. The van der Waals surface area contributed by atoms with Gasteiger partial charge in [0, 0.05) is 78.9 Å². The zero-order valence-electron chi connectivity index (χ0n) is 40.4. The van der Waals surface area contributed by atoms with Crippen LogP contribution in [0.15, 0.2) is 54.1 Å². The molecule has 2 saturated heterocycles. The first-order valence-corrected chi connectivity index (χ1v) is 26.8. The number of carboxylic acid groups (broad SMARTS) is 1. The Labute approximate surface area is 411 Å². The van der Waals surface area contributed by atoms with Crippen LogP contribution in [-0.2, 0) is 41.1 Å². The number of benzene rings is 2. The number of hydrazine groups is 1. The lowest BCUT2D eigenvalue weighted by atomic mass is 9.47. The van der Waals surface area contributed by atoms with Crippen LogP contribution in [0.3, 0.4) is 0 Å². The van der Waals surface area contributed by atoms with Crippen molar-refractivity contribution in [1.82, 2.24) is 20.7 Å². The van der Waals surface area contributed by atoms with E-state index < -0.39 is 75.5 Å². The Morgan fingerprint density at radius 2 is 1.77 bits per heavy atom. The number of likely N-dealkylation sites (N-methyl/N-ethyl adjacent to an activating group) is 1. The highest BCUT2D eigenvalue weighted by atomic mass is 33.1. The number of aliphatic hydroxyl groups is 3. The fourth-order valence-corrected chi connectivity index (χ4v) is 16.3. The number of carbonyl (C=O) groups is 4. The van der Waals surface area contributed by atoms with Gasteiger partial charge < -0.3 is 39.5 Å². The monoisotopic (exact) mass is 989 g/mol. The molecule has 1 saturated carbocycles. The Balaban J connectivity index is 1.15. The molecule has 3 fully saturated rings. The zero-order valence-corrected chi connectivity index (χ0v) is 42.0. The normalized spacial score (nSPS) is 34.4. The zero-order chi connectivity index (χ0) is 49.3. The minimum absolute atomic E-state index is 0.0288. The van der Waals surface area contributed by atoms with Gasteiger partial charge in [-0.15, -0.1) is 0 Å². The van der Waals surface area contributed by atoms with Crippen LogP contribution in [0.1, 0.15) is 81.5 Å². The first kappa shape index (κ1) is 49.7. The topological polar surface area (TPSA) is 211 Å². The molecule has 6 N–H and O–H groups in total. The van der Waals surface area contributed by atoms with Crippen LogP contribution in [0.5, 0.6) is 5.75 Å². The third-order valence-corrected chi connectivity index (χ3v) is 19.6. The largest absolute Gasteiger partial charge is 0.496 e.